The summed E-state index contributed by atoms with van der Waals surface area (Å²) in [4.78, 5) is 12.0. The fourth-order valence-electron chi connectivity index (χ4n) is 2.01. The Kier molecular flexibility index (Phi) is 3.97. The van der Waals surface area contributed by atoms with Crippen molar-refractivity contribution >= 4 is 17.2 Å². The first-order chi connectivity index (χ1) is 8.97. The molecule has 0 saturated carbocycles. The van der Waals surface area contributed by atoms with Gasteiger partial charge in [-0.25, -0.2) is 0 Å². The summed E-state index contributed by atoms with van der Waals surface area (Å²) in [6, 6.07) is 2.99. The predicted octanol–water partition coefficient (Wildman–Crippen LogP) is -1.91. The summed E-state index contributed by atoms with van der Waals surface area (Å²) in [5.41, 5.74) is 5.02. The average molecular weight is 286 g/mol. The molecule has 8 heteroatoms. The van der Waals surface area contributed by atoms with Gasteiger partial charge in [0.1, 0.15) is 23.3 Å². The molecule has 7 nitrogen and oxygen atoms in total. The van der Waals surface area contributed by atoms with Crippen molar-refractivity contribution in [3.63, 3.8) is 0 Å². The molecular formula is C11H14N2O5S. The molecule has 0 radical (unpaired) electrons. The van der Waals surface area contributed by atoms with Crippen LogP contribution in [0.2, 0.25) is 0 Å². The highest BCUT2D eigenvalue weighted by atomic mass is 32.1. The zero-order valence-electron chi connectivity index (χ0n) is 9.84. The van der Waals surface area contributed by atoms with E-state index in [-0.39, 0.29) is 10.6 Å². The van der Waals surface area contributed by atoms with Crippen molar-refractivity contribution in [1.29, 1.82) is 0 Å². The van der Waals surface area contributed by atoms with Crippen molar-refractivity contribution in [3.05, 3.63) is 34.2 Å². The molecular weight excluding hydrogens is 272 g/mol. The molecule has 1 aromatic rings. The van der Waals surface area contributed by atoms with E-state index in [1.807, 2.05) is 0 Å². The van der Waals surface area contributed by atoms with E-state index >= 15 is 0 Å². The maximum atomic E-state index is 12.1. The van der Waals surface area contributed by atoms with Crippen LogP contribution in [0.4, 0.5) is 0 Å². The molecule has 1 saturated heterocycles. The average Bonchev–Trinajstić information content (AvgIpc) is 2.66. The number of rotatable bonds is 3. The molecule has 1 aliphatic heterocycles. The number of hydrogen-bond donors (Lipinski definition) is 4. The van der Waals surface area contributed by atoms with E-state index in [9.17, 15) is 15.0 Å². The molecule has 0 amide bonds. The number of thiocarbonyl (C=S) groups is 1. The number of aliphatic hydroxyl groups is 3. The zero-order chi connectivity index (χ0) is 14.2. The second-order valence-corrected chi connectivity index (χ2v) is 4.67. The number of nitrogens with two attached hydrogens (primary N) is 1. The number of aliphatic hydroxyl groups excluding tert-OH is 3. The smallest absolute Gasteiger partial charge is 0.262 e. The van der Waals surface area contributed by atoms with E-state index in [2.05, 4.69) is 0 Å². The summed E-state index contributed by atoms with van der Waals surface area (Å²) in [6.45, 7) is -0.460. The minimum atomic E-state index is -1.32. The maximum Gasteiger partial charge on any atom is 0.262 e. The topological polar surface area (TPSA) is 118 Å². The van der Waals surface area contributed by atoms with Crippen LogP contribution >= 0.6 is 12.2 Å². The molecule has 0 spiro atoms. The van der Waals surface area contributed by atoms with E-state index in [1.54, 1.807) is 0 Å². The van der Waals surface area contributed by atoms with Crippen LogP contribution in [0.25, 0.3) is 0 Å². The van der Waals surface area contributed by atoms with E-state index in [4.69, 9.17) is 27.8 Å². The van der Waals surface area contributed by atoms with E-state index in [1.165, 1.54) is 18.3 Å². The molecule has 2 unspecified atom stereocenters. The standard InChI is InChI=1S/C11H14N2O5S/c12-9(19)5-2-1-3-13(10(5)17)11-8(16)7(15)6(4-14)18-11/h1-3,6-8,11,14-16H,4H2,(H2,12,19)/t6-,7?,8?,11-/m1/s1. The summed E-state index contributed by atoms with van der Waals surface area (Å²) in [7, 11) is 0. The largest absolute Gasteiger partial charge is 0.394 e. The fraction of sp³-hybridized carbons (Fsp3) is 0.455. The van der Waals surface area contributed by atoms with Crippen molar-refractivity contribution in [2.75, 3.05) is 6.61 Å². The lowest BCUT2D eigenvalue weighted by molar-refractivity contribution is -0.0544. The number of ether oxygens (including phenoxy) is 1. The van der Waals surface area contributed by atoms with E-state index < -0.39 is 36.7 Å². The summed E-state index contributed by atoms with van der Waals surface area (Å²) < 4.78 is 6.36. The van der Waals surface area contributed by atoms with Crippen molar-refractivity contribution in [2.45, 2.75) is 24.5 Å². The van der Waals surface area contributed by atoms with Gasteiger partial charge < -0.3 is 25.8 Å². The lowest BCUT2D eigenvalue weighted by Gasteiger charge is -2.18. The van der Waals surface area contributed by atoms with Gasteiger partial charge in [0.25, 0.3) is 5.56 Å². The maximum absolute atomic E-state index is 12.1. The second kappa shape index (κ2) is 5.35. The molecule has 1 fully saturated rings. The van der Waals surface area contributed by atoms with Crippen LogP contribution in [-0.4, -0.2) is 49.8 Å². The number of nitrogens with zero attached hydrogens (tertiary/aromatic N) is 1. The Morgan fingerprint density at radius 2 is 2.16 bits per heavy atom. The van der Waals surface area contributed by atoms with Crippen molar-refractivity contribution < 1.29 is 20.1 Å². The Bertz CT molecular complexity index is 546. The first-order valence-electron chi connectivity index (χ1n) is 5.60. The van der Waals surface area contributed by atoms with Gasteiger partial charge in [-0.2, -0.15) is 0 Å². The normalized spacial score (nSPS) is 30.5. The van der Waals surface area contributed by atoms with Crippen molar-refractivity contribution in [1.82, 2.24) is 4.57 Å². The van der Waals surface area contributed by atoms with Gasteiger partial charge in [-0.3, -0.25) is 9.36 Å². The molecule has 0 aromatic carbocycles. The Morgan fingerprint density at radius 3 is 2.68 bits per heavy atom. The second-order valence-electron chi connectivity index (χ2n) is 4.23. The Balaban J connectivity index is 2.41. The lowest BCUT2D eigenvalue weighted by Crippen LogP contribution is -2.37. The highest BCUT2D eigenvalue weighted by molar-refractivity contribution is 7.80. The summed E-state index contributed by atoms with van der Waals surface area (Å²) in [5, 5.41) is 28.5. The number of pyridine rings is 1. The van der Waals surface area contributed by atoms with Gasteiger partial charge in [-0.05, 0) is 12.1 Å². The van der Waals surface area contributed by atoms with Gasteiger partial charge in [-0.1, -0.05) is 12.2 Å². The molecule has 5 N–H and O–H groups in total. The number of hydrogen-bond acceptors (Lipinski definition) is 6. The first-order valence-corrected chi connectivity index (χ1v) is 6.01. The third-order valence-corrected chi connectivity index (χ3v) is 3.25. The molecule has 2 rings (SSSR count). The highest BCUT2D eigenvalue weighted by Gasteiger charge is 2.43. The van der Waals surface area contributed by atoms with Gasteiger partial charge in [0.2, 0.25) is 0 Å². The van der Waals surface area contributed by atoms with E-state index in [0.717, 1.165) is 4.57 Å². The Morgan fingerprint density at radius 1 is 1.47 bits per heavy atom. The van der Waals surface area contributed by atoms with Crippen molar-refractivity contribution in [2.24, 2.45) is 5.73 Å². The number of aromatic nitrogens is 1. The van der Waals surface area contributed by atoms with Gasteiger partial charge in [-0.15, -0.1) is 0 Å². The van der Waals surface area contributed by atoms with Crippen LogP contribution in [0.5, 0.6) is 0 Å². The molecule has 1 aromatic heterocycles. The van der Waals surface area contributed by atoms with Crippen LogP contribution < -0.4 is 11.3 Å². The molecule has 0 aliphatic carbocycles. The van der Waals surface area contributed by atoms with Crippen LogP contribution in [0.3, 0.4) is 0 Å². The zero-order valence-corrected chi connectivity index (χ0v) is 10.7. The van der Waals surface area contributed by atoms with Crippen LogP contribution in [0, 0.1) is 0 Å². The molecule has 4 atom stereocenters. The summed E-state index contributed by atoms with van der Waals surface area (Å²) in [5.74, 6) is 0. The predicted molar refractivity (Wildman–Crippen MR) is 69.6 cm³/mol. The SMILES string of the molecule is NC(=S)c1cccn([C@@H]2O[C@H](CO)C(O)C2O)c1=O. The lowest BCUT2D eigenvalue weighted by atomic mass is 10.1. The van der Waals surface area contributed by atoms with Crippen LogP contribution in [0.15, 0.2) is 23.1 Å². The van der Waals surface area contributed by atoms with Gasteiger partial charge in [0.15, 0.2) is 6.23 Å². The third-order valence-electron chi connectivity index (χ3n) is 3.03. The van der Waals surface area contributed by atoms with Gasteiger partial charge >= 0.3 is 0 Å². The van der Waals surface area contributed by atoms with Crippen LogP contribution in [-0.2, 0) is 4.74 Å². The molecule has 104 valence electrons. The van der Waals surface area contributed by atoms with E-state index in [0.29, 0.717) is 0 Å². The fourth-order valence-corrected chi connectivity index (χ4v) is 2.16. The molecule has 2 heterocycles. The van der Waals surface area contributed by atoms with Crippen molar-refractivity contribution in [3.8, 4) is 0 Å². The minimum absolute atomic E-state index is 0.0638. The Hall–Kier alpha value is -1.32. The summed E-state index contributed by atoms with van der Waals surface area (Å²) in [6.07, 6.45) is -3.23. The molecule has 0 bridgehead atoms. The molecule has 1 aliphatic rings. The first kappa shape index (κ1) is 14.1. The monoisotopic (exact) mass is 286 g/mol. The quantitative estimate of drug-likeness (QED) is 0.479. The summed E-state index contributed by atoms with van der Waals surface area (Å²) >= 11 is 4.75. The molecule has 19 heavy (non-hydrogen) atoms. The minimum Gasteiger partial charge on any atom is -0.394 e. The van der Waals surface area contributed by atoms with Gasteiger partial charge in [0.05, 0.1) is 12.2 Å². The van der Waals surface area contributed by atoms with Gasteiger partial charge in [0, 0.05) is 6.20 Å². The Labute approximate surface area is 113 Å². The van der Waals surface area contributed by atoms with Crippen LogP contribution in [0.1, 0.15) is 11.8 Å². The highest BCUT2D eigenvalue weighted by Crippen LogP contribution is 2.28. The third kappa shape index (κ3) is 2.40.